The van der Waals surface area contributed by atoms with Gasteiger partial charge in [-0.05, 0) is 84.9 Å². The Bertz CT molecular complexity index is 1240. The molecule has 220 valence electrons. The maximum absolute atomic E-state index is 13.3. The quantitative estimate of drug-likeness (QED) is 0.177. The third kappa shape index (κ3) is 8.21. The van der Waals surface area contributed by atoms with Crippen LogP contribution in [-0.2, 0) is 30.8 Å². The van der Waals surface area contributed by atoms with Gasteiger partial charge in [0, 0.05) is 25.6 Å². The highest BCUT2D eigenvalue weighted by Gasteiger charge is 2.36. The van der Waals surface area contributed by atoms with Gasteiger partial charge in [-0.15, -0.1) is 0 Å². The Labute approximate surface area is 231 Å². The molecule has 0 fully saturated rings. The summed E-state index contributed by atoms with van der Waals surface area (Å²) in [5.74, 6) is -0.0228. The monoisotopic (exact) mass is 569 g/mol. The van der Waals surface area contributed by atoms with Crippen molar-refractivity contribution in [1.29, 1.82) is 0 Å². The van der Waals surface area contributed by atoms with Crippen molar-refractivity contribution in [3.63, 3.8) is 0 Å². The summed E-state index contributed by atoms with van der Waals surface area (Å²) in [7, 11) is -1.27. The fraction of sp³-hybridized carbons (Fsp3) is 0.654. The molecule has 2 rings (SSSR count). The van der Waals surface area contributed by atoms with Crippen LogP contribution < -0.4 is 20.5 Å². The standard InChI is InChI=1S/C26H43N5O7S/c1-15-16(2)21(17(3)18-14-26(7,8)37-20(15)18)39(34,35)30-23(27)28-13-11-12-19(22(32)31(9)36-10)29-24(33)38-25(4,5)6/h19H,11-14H2,1-10H3,(H,29,33)(H3,27,28,30)/t19-/m0/s1. The number of sulfonamides is 1. The van der Waals surface area contributed by atoms with Gasteiger partial charge in [0.1, 0.15) is 23.0 Å². The predicted molar refractivity (Wildman–Crippen MR) is 148 cm³/mol. The molecule has 1 atom stereocenters. The summed E-state index contributed by atoms with van der Waals surface area (Å²) in [5, 5.41) is 3.55. The van der Waals surface area contributed by atoms with Gasteiger partial charge in [-0.2, -0.15) is 0 Å². The Morgan fingerprint density at radius 1 is 1.18 bits per heavy atom. The second-order valence-electron chi connectivity index (χ2n) is 11.3. The SMILES string of the molecule is CON(C)C(=O)[C@H](CCCN=C(N)NS(=O)(=O)c1c(C)c(C)c2c(c1C)CC(C)(C)O2)NC(=O)OC(C)(C)C. The average Bonchev–Trinajstić information content (AvgIpc) is 3.12. The number of benzene rings is 1. The van der Waals surface area contributed by atoms with E-state index in [0.717, 1.165) is 21.9 Å². The van der Waals surface area contributed by atoms with E-state index >= 15 is 0 Å². The van der Waals surface area contributed by atoms with Crippen molar-refractivity contribution in [3.05, 3.63) is 22.3 Å². The first kappa shape index (κ1) is 32.2. The molecule has 1 aromatic rings. The number of guanidine groups is 1. The lowest BCUT2D eigenvalue weighted by atomic mass is 9.94. The van der Waals surface area contributed by atoms with E-state index in [2.05, 4.69) is 15.0 Å². The van der Waals surface area contributed by atoms with E-state index in [1.165, 1.54) is 14.2 Å². The Balaban J connectivity index is 2.12. The summed E-state index contributed by atoms with van der Waals surface area (Å²) < 4.78 is 40.4. The summed E-state index contributed by atoms with van der Waals surface area (Å²) in [6.45, 7) is 14.5. The highest BCUT2D eigenvalue weighted by atomic mass is 32.2. The van der Waals surface area contributed by atoms with Crippen LogP contribution >= 0.6 is 0 Å². The molecule has 1 aliphatic heterocycles. The molecule has 0 spiro atoms. The number of amides is 2. The lowest BCUT2D eigenvalue weighted by molar-refractivity contribution is -0.171. The molecule has 0 aromatic heterocycles. The number of carbonyl (C=O) groups is 2. The third-order valence-electron chi connectivity index (χ3n) is 6.31. The average molecular weight is 570 g/mol. The molecular weight excluding hydrogens is 526 g/mol. The third-order valence-corrected chi connectivity index (χ3v) is 7.93. The number of fused-ring (bicyclic) bond motifs is 1. The molecule has 13 heteroatoms. The molecule has 0 saturated carbocycles. The number of hydroxylamine groups is 2. The van der Waals surface area contributed by atoms with Crippen molar-refractivity contribution >= 4 is 28.0 Å². The predicted octanol–water partition coefficient (Wildman–Crippen LogP) is 2.61. The molecule has 1 heterocycles. The normalized spacial score (nSPS) is 15.7. The minimum absolute atomic E-state index is 0.105. The highest BCUT2D eigenvalue weighted by Crippen LogP contribution is 2.43. The summed E-state index contributed by atoms with van der Waals surface area (Å²) in [5.41, 5.74) is 7.62. The van der Waals surface area contributed by atoms with Gasteiger partial charge in [0.15, 0.2) is 0 Å². The van der Waals surface area contributed by atoms with Crippen LogP contribution in [0, 0.1) is 20.8 Å². The molecule has 0 unspecified atom stereocenters. The largest absolute Gasteiger partial charge is 0.487 e. The molecule has 1 aromatic carbocycles. The van der Waals surface area contributed by atoms with Gasteiger partial charge in [-0.25, -0.2) is 23.0 Å². The highest BCUT2D eigenvalue weighted by molar-refractivity contribution is 7.90. The number of alkyl carbamates (subject to hydrolysis) is 1. The lowest BCUT2D eigenvalue weighted by Crippen LogP contribution is -2.48. The number of aliphatic imine (C=N–C) groups is 1. The van der Waals surface area contributed by atoms with Crippen molar-refractivity contribution in [2.24, 2.45) is 10.7 Å². The van der Waals surface area contributed by atoms with E-state index in [1.54, 1.807) is 34.6 Å². The van der Waals surface area contributed by atoms with E-state index in [4.69, 9.17) is 20.0 Å². The van der Waals surface area contributed by atoms with Gasteiger partial charge in [-0.3, -0.25) is 14.6 Å². The zero-order valence-corrected chi connectivity index (χ0v) is 25.5. The van der Waals surface area contributed by atoms with Crippen LogP contribution in [0.4, 0.5) is 4.79 Å². The number of hydrogen-bond donors (Lipinski definition) is 3. The fourth-order valence-corrected chi connectivity index (χ4v) is 5.90. The molecule has 0 bridgehead atoms. The van der Waals surface area contributed by atoms with Crippen LogP contribution in [0.1, 0.15) is 69.7 Å². The molecule has 1 aliphatic rings. The van der Waals surface area contributed by atoms with Crippen molar-refractivity contribution in [1.82, 2.24) is 15.1 Å². The summed E-state index contributed by atoms with van der Waals surface area (Å²) in [4.78, 5) is 34.1. The zero-order chi connectivity index (χ0) is 29.9. The molecule has 2 amide bonds. The summed E-state index contributed by atoms with van der Waals surface area (Å²) >= 11 is 0. The number of nitrogens with two attached hydrogens (primary N) is 1. The maximum atomic E-state index is 13.3. The Kier molecular flexibility index (Phi) is 9.88. The van der Waals surface area contributed by atoms with Crippen LogP contribution in [0.2, 0.25) is 0 Å². The van der Waals surface area contributed by atoms with Crippen LogP contribution in [0.25, 0.3) is 0 Å². The number of carbonyl (C=O) groups excluding carboxylic acids is 2. The molecule has 4 N–H and O–H groups in total. The summed E-state index contributed by atoms with van der Waals surface area (Å²) in [6.07, 6.45) is 0.351. The number of rotatable bonds is 9. The van der Waals surface area contributed by atoms with Crippen LogP contribution in [-0.4, -0.2) is 69.4 Å². The minimum atomic E-state index is -4.03. The van der Waals surface area contributed by atoms with Crippen molar-refractivity contribution in [2.75, 3.05) is 20.7 Å². The van der Waals surface area contributed by atoms with Gasteiger partial charge in [-0.1, -0.05) is 0 Å². The van der Waals surface area contributed by atoms with Gasteiger partial charge < -0.3 is 20.5 Å². The van der Waals surface area contributed by atoms with E-state index < -0.39 is 39.3 Å². The maximum Gasteiger partial charge on any atom is 0.408 e. The number of nitrogens with zero attached hydrogens (tertiary/aromatic N) is 2. The van der Waals surface area contributed by atoms with Gasteiger partial charge >= 0.3 is 6.09 Å². The van der Waals surface area contributed by atoms with Crippen molar-refractivity contribution in [3.8, 4) is 5.75 Å². The van der Waals surface area contributed by atoms with Crippen LogP contribution in [0.15, 0.2) is 9.89 Å². The molecule has 0 saturated heterocycles. The second-order valence-corrected chi connectivity index (χ2v) is 12.9. The van der Waals surface area contributed by atoms with Gasteiger partial charge in [0.05, 0.1) is 12.0 Å². The number of nitrogens with one attached hydrogen (secondary N) is 2. The Morgan fingerprint density at radius 2 is 1.79 bits per heavy atom. The second kappa shape index (κ2) is 12.0. The van der Waals surface area contributed by atoms with E-state index in [0.29, 0.717) is 24.0 Å². The lowest BCUT2D eigenvalue weighted by Gasteiger charge is -2.25. The first-order valence-corrected chi connectivity index (χ1v) is 14.2. The van der Waals surface area contributed by atoms with Gasteiger partial charge in [0.2, 0.25) is 5.96 Å². The van der Waals surface area contributed by atoms with Crippen LogP contribution in [0.5, 0.6) is 5.75 Å². The topological polar surface area (TPSA) is 162 Å². The first-order valence-electron chi connectivity index (χ1n) is 12.7. The number of ether oxygens (including phenoxy) is 2. The molecule has 12 nitrogen and oxygen atoms in total. The van der Waals surface area contributed by atoms with Crippen LogP contribution in [0.3, 0.4) is 0 Å². The molecule has 0 aliphatic carbocycles. The minimum Gasteiger partial charge on any atom is -0.487 e. The van der Waals surface area contributed by atoms with E-state index in [9.17, 15) is 18.0 Å². The molecular formula is C26H43N5O7S. The Morgan fingerprint density at radius 3 is 2.36 bits per heavy atom. The van der Waals surface area contributed by atoms with Crippen molar-refractivity contribution in [2.45, 2.75) is 96.8 Å². The fourth-order valence-electron chi connectivity index (χ4n) is 4.38. The smallest absolute Gasteiger partial charge is 0.408 e. The van der Waals surface area contributed by atoms with Crippen molar-refractivity contribution < 1.29 is 32.3 Å². The molecule has 0 radical (unpaired) electrons. The van der Waals surface area contributed by atoms with Gasteiger partial charge in [0.25, 0.3) is 15.9 Å². The first-order chi connectivity index (χ1) is 17.8. The number of hydrogen-bond acceptors (Lipinski definition) is 8. The zero-order valence-electron chi connectivity index (χ0n) is 24.6. The van der Waals surface area contributed by atoms with E-state index in [-0.39, 0.29) is 23.8 Å². The Hall–Kier alpha value is -3.06. The van der Waals surface area contributed by atoms with E-state index in [1.807, 2.05) is 20.8 Å². The summed E-state index contributed by atoms with van der Waals surface area (Å²) in [6, 6.07) is -0.941. The number of likely N-dealkylation sites (N-methyl/N-ethyl adjacent to an activating group) is 1. The molecule has 39 heavy (non-hydrogen) atoms.